The molecule has 0 fully saturated rings. The highest BCUT2D eigenvalue weighted by molar-refractivity contribution is 6.41. The maximum atomic E-state index is 9.12. The first-order valence-corrected chi connectivity index (χ1v) is 4.90. The third-order valence-electron chi connectivity index (χ3n) is 1.87. The van der Waals surface area contributed by atoms with Crippen molar-refractivity contribution < 1.29 is 5.11 Å². The van der Waals surface area contributed by atoms with Crippen LogP contribution in [0, 0.1) is 0 Å². The van der Waals surface area contributed by atoms with Gasteiger partial charge in [0.25, 0.3) is 0 Å². The molecule has 15 heavy (non-hydrogen) atoms. The van der Waals surface area contributed by atoms with Gasteiger partial charge in [-0.2, -0.15) is 0 Å². The lowest BCUT2D eigenvalue weighted by Crippen LogP contribution is -1.88. The lowest BCUT2D eigenvalue weighted by Gasteiger charge is -2.01. The number of nitrogens with zero attached hydrogens (tertiary/aromatic N) is 2. The Morgan fingerprint density at radius 2 is 1.67 bits per heavy atom. The summed E-state index contributed by atoms with van der Waals surface area (Å²) >= 11 is 11.5. The van der Waals surface area contributed by atoms with Crippen molar-refractivity contribution in [1.29, 1.82) is 0 Å². The second kappa shape index (κ2) is 4.04. The topological polar surface area (TPSA) is 46.0 Å². The number of aromatic nitrogens is 2. The Kier molecular flexibility index (Phi) is 2.75. The summed E-state index contributed by atoms with van der Waals surface area (Å²) in [4.78, 5) is 0. The van der Waals surface area contributed by atoms with E-state index in [9.17, 15) is 0 Å². The van der Waals surface area contributed by atoms with E-state index in [1.807, 2.05) is 0 Å². The fraction of sp³-hybridized carbons (Fsp3) is 0. The first kappa shape index (κ1) is 10.2. The summed E-state index contributed by atoms with van der Waals surface area (Å²) in [5, 5.41) is 17.2. The number of rotatable bonds is 1. The molecule has 1 heterocycles. The number of phenols is 1. The van der Waals surface area contributed by atoms with E-state index in [2.05, 4.69) is 10.2 Å². The first-order valence-electron chi connectivity index (χ1n) is 4.15. The molecule has 1 N–H and O–H groups in total. The van der Waals surface area contributed by atoms with Crippen molar-refractivity contribution in [2.24, 2.45) is 0 Å². The van der Waals surface area contributed by atoms with Crippen molar-refractivity contribution in [1.82, 2.24) is 10.2 Å². The number of aromatic hydroxyl groups is 1. The molecular weight excluding hydrogens is 235 g/mol. The van der Waals surface area contributed by atoms with Gasteiger partial charge in [0.15, 0.2) is 5.15 Å². The van der Waals surface area contributed by atoms with E-state index in [0.717, 1.165) is 5.56 Å². The highest BCUT2D eigenvalue weighted by Crippen LogP contribution is 2.25. The molecule has 0 spiro atoms. The number of phenolic OH excluding ortho intramolecular Hbond substituents is 1. The van der Waals surface area contributed by atoms with E-state index in [4.69, 9.17) is 28.3 Å². The van der Waals surface area contributed by atoms with Crippen molar-refractivity contribution in [3.8, 4) is 17.0 Å². The lowest BCUT2D eigenvalue weighted by atomic mass is 10.1. The molecule has 76 valence electrons. The van der Waals surface area contributed by atoms with Gasteiger partial charge < -0.3 is 5.11 Å². The summed E-state index contributed by atoms with van der Waals surface area (Å²) in [6.45, 7) is 0. The highest BCUT2D eigenvalue weighted by atomic mass is 35.5. The van der Waals surface area contributed by atoms with E-state index in [1.54, 1.807) is 30.3 Å². The summed E-state index contributed by atoms with van der Waals surface area (Å²) in [5.41, 5.74) is 1.43. The third-order valence-corrected chi connectivity index (χ3v) is 2.53. The van der Waals surface area contributed by atoms with Gasteiger partial charge in [-0.3, -0.25) is 0 Å². The van der Waals surface area contributed by atoms with Gasteiger partial charge in [-0.15, -0.1) is 10.2 Å². The van der Waals surface area contributed by atoms with Crippen LogP contribution < -0.4 is 0 Å². The minimum atomic E-state index is 0.180. The molecule has 0 aliphatic heterocycles. The summed E-state index contributed by atoms with van der Waals surface area (Å²) in [6.07, 6.45) is 0. The molecule has 0 atom stereocenters. The summed E-state index contributed by atoms with van der Waals surface area (Å²) in [5.74, 6) is 0.201. The van der Waals surface area contributed by atoms with Crippen LogP contribution in [0.25, 0.3) is 11.3 Å². The van der Waals surface area contributed by atoms with E-state index in [1.165, 1.54) is 0 Å². The number of hydrogen-bond acceptors (Lipinski definition) is 3. The van der Waals surface area contributed by atoms with E-state index in [-0.39, 0.29) is 10.9 Å². The molecule has 0 saturated carbocycles. The van der Waals surface area contributed by atoms with Gasteiger partial charge in [-0.05, 0) is 30.3 Å². The predicted molar refractivity (Wildman–Crippen MR) is 59.2 cm³/mol. The van der Waals surface area contributed by atoms with Gasteiger partial charge in [-0.25, -0.2) is 0 Å². The standard InChI is InChI=1S/C10H6Cl2N2O/c11-8-5-9(13-14-10(8)12)6-1-3-7(15)4-2-6/h1-5,15H. The molecule has 1 aromatic heterocycles. The Morgan fingerprint density at radius 1 is 1.00 bits per heavy atom. The van der Waals surface area contributed by atoms with E-state index in [0.29, 0.717) is 10.7 Å². The van der Waals surface area contributed by atoms with Gasteiger partial charge in [0, 0.05) is 5.56 Å². The quantitative estimate of drug-likeness (QED) is 0.833. The molecule has 0 bridgehead atoms. The molecule has 0 saturated heterocycles. The molecule has 5 heteroatoms. The molecule has 1 aromatic carbocycles. The zero-order chi connectivity index (χ0) is 10.8. The second-order valence-electron chi connectivity index (χ2n) is 2.92. The van der Waals surface area contributed by atoms with Crippen LogP contribution in [0.15, 0.2) is 30.3 Å². The number of benzene rings is 1. The largest absolute Gasteiger partial charge is 0.508 e. The number of hydrogen-bond donors (Lipinski definition) is 1. The Morgan fingerprint density at radius 3 is 2.27 bits per heavy atom. The molecule has 0 unspecified atom stereocenters. The zero-order valence-electron chi connectivity index (χ0n) is 7.48. The minimum Gasteiger partial charge on any atom is -0.508 e. The Labute approximate surface area is 96.3 Å². The van der Waals surface area contributed by atoms with Gasteiger partial charge in [-0.1, -0.05) is 23.2 Å². The van der Waals surface area contributed by atoms with Gasteiger partial charge in [0.2, 0.25) is 0 Å². The van der Waals surface area contributed by atoms with Crippen LogP contribution in [0.4, 0.5) is 0 Å². The highest BCUT2D eigenvalue weighted by Gasteiger charge is 2.04. The van der Waals surface area contributed by atoms with E-state index >= 15 is 0 Å². The molecule has 0 aliphatic rings. The monoisotopic (exact) mass is 240 g/mol. The van der Waals surface area contributed by atoms with Gasteiger partial charge in [0.1, 0.15) is 5.75 Å². The maximum Gasteiger partial charge on any atom is 0.170 e. The van der Waals surface area contributed by atoms with Crippen molar-refractivity contribution >= 4 is 23.2 Å². The summed E-state index contributed by atoms with van der Waals surface area (Å²) in [6, 6.07) is 8.22. The van der Waals surface area contributed by atoms with Crippen molar-refractivity contribution in [2.45, 2.75) is 0 Å². The fourth-order valence-corrected chi connectivity index (χ4v) is 1.36. The zero-order valence-corrected chi connectivity index (χ0v) is 9.00. The summed E-state index contributed by atoms with van der Waals surface area (Å²) < 4.78 is 0. The van der Waals surface area contributed by atoms with Crippen LogP contribution in [0.2, 0.25) is 10.2 Å². The van der Waals surface area contributed by atoms with Crippen molar-refractivity contribution in [3.63, 3.8) is 0 Å². The summed E-state index contributed by atoms with van der Waals surface area (Å²) in [7, 11) is 0. The Bertz CT molecular complexity index is 485. The molecule has 3 nitrogen and oxygen atoms in total. The maximum absolute atomic E-state index is 9.12. The molecule has 2 rings (SSSR count). The van der Waals surface area contributed by atoms with Gasteiger partial charge >= 0.3 is 0 Å². The van der Waals surface area contributed by atoms with Crippen LogP contribution in [0.5, 0.6) is 5.75 Å². The molecule has 0 aliphatic carbocycles. The Balaban J connectivity index is 2.45. The van der Waals surface area contributed by atoms with E-state index < -0.39 is 0 Å². The van der Waals surface area contributed by atoms with Crippen LogP contribution in [-0.4, -0.2) is 15.3 Å². The fourth-order valence-electron chi connectivity index (χ4n) is 1.13. The first-order chi connectivity index (χ1) is 7.16. The lowest BCUT2D eigenvalue weighted by molar-refractivity contribution is 0.475. The number of halogens is 2. The molecule has 0 radical (unpaired) electrons. The average Bonchev–Trinajstić information content (AvgIpc) is 2.23. The normalized spacial score (nSPS) is 10.3. The average molecular weight is 241 g/mol. The van der Waals surface area contributed by atoms with Crippen LogP contribution in [-0.2, 0) is 0 Å². The van der Waals surface area contributed by atoms with Crippen LogP contribution in [0.1, 0.15) is 0 Å². The third kappa shape index (κ3) is 2.19. The van der Waals surface area contributed by atoms with Crippen molar-refractivity contribution in [2.75, 3.05) is 0 Å². The second-order valence-corrected chi connectivity index (χ2v) is 3.68. The molecule has 2 aromatic rings. The van der Waals surface area contributed by atoms with Crippen LogP contribution >= 0.6 is 23.2 Å². The molecular formula is C10H6Cl2N2O. The molecule has 0 amide bonds. The smallest absolute Gasteiger partial charge is 0.170 e. The predicted octanol–water partition coefficient (Wildman–Crippen LogP) is 3.16. The minimum absolute atomic E-state index is 0.180. The SMILES string of the molecule is Oc1ccc(-c2cc(Cl)c(Cl)nn2)cc1. The Hall–Kier alpha value is -1.32. The van der Waals surface area contributed by atoms with Crippen LogP contribution in [0.3, 0.4) is 0 Å². The van der Waals surface area contributed by atoms with Gasteiger partial charge in [0.05, 0.1) is 10.7 Å². The van der Waals surface area contributed by atoms with Crippen molar-refractivity contribution in [3.05, 3.63) is 40.5 Å².